The largest absolute Gasteiger partial charge is 0.296 e. The number of halogens is 1. The Morgan fingerprint density at radius 2 is 2.33 bits per heavy atom. The molecule has 0 N–H and O–H groups in total. The summed E-state index contributed by atoms with van der Waals surface area (Å²) in [6, 6.07) is 0.703. The lowest BCUT2D eigenvalue weighted by atomic mass is 10.2. The molecule has 0 spiro atoms. The average Bonchev–Trinajstić information content (AvgIpc) is 2.45. The molecule has 0 aromatic carbocycles. The lowest BCUT2D eigenvalue weighted by Gasteiger charge is -2.04. The summed E-state index contributed by atoms with van der Waals surface area (Å²) in [5, 5.41) is 0. The smallest absolute Gasteiger partial charge is 0.0392 e. The molecule has 0 aromatic rings. The molecule has 1 nitrogen and oxygen atoms in total. The lowest BCUT2D eigenvalue weighted by molar-refractivity contribution is 0.436. The standard InChI is InChI=1S/C7H14ClN/c1-6(2)4-9-5-7(9)3-8/h6-7H,3-5H2,1-2H3. The molecule has 0 bridgehead atoms. The van der Waals surface area contributed by atoms with Crippen LogP contribution in [0.4, 0.5) is 0 Å². The highest BCUT2D eigenvalue weighted by Crippen LogP contribution is 2.19. The van der Waals surface area contributed by atoms with Gasteiger partial charge in [0.1, 0.15) is 0 Å². The molecule has 1 aliphatic rings. The highest BCUT2D eigenvalue weighted by Gasteiger charge is 2.32. The normalized spacial score (nSPS) is 33.3. The number of hydrogen-bond acceptors (Lipinski definition) is 1. The van der Waals surface area contributed by atoms with Crippen LogP contribution in [0.25, 0.3) is 0 Å². The zero-order chi connectivity index (χ0) is 6.85. The van der Waals surface area contributed by atoms with Gasteiger partial charge in [-0.2, -0.15) is 0 Å². The Bertz CT molecular complexity index is 92.9. The SMILES string of the molecule is CC(C)CN1CC1CCl. The van der Waals surface area contributed by atoms with Crippen LogP contribution in [0.5, 0.6) is 0 Å². The summed E-state index contributed by atoms with van der Waals surface area (Å²) in [6.45, 7) is 6.92. The Labute approximate surface area is 62.0 Å². The molecule has 0 aliphatic carbocycles. The van der Waals surface area contributed by atoms with Gasteiger partial charge in [-0.3, -0.25) is 4.90 Å². The number of hydrogen-bond donors (Lipinski definition) is 0. The zero-order valence-corrected chi connectivity index (χ0v) is 6.86. The number of alkyl halides is 1. The molecule has 2 unspecified atom stereocenters. The minimum Gasteiger partial charge on any atom is -0.296 e. The van der Waals surface area contributed by atoms with Crippen molar-refractivity contribution in [2.24, 2.45) is 5.92 Å². The molecule has 0 amide bonds. The van der Waals surface area contributed by atoms with Crippen LogP contribution in [0, 0.1) is 5.92 Å². The van der Waals surface area contributed by atoms with Crippen LogP contribution < -0.4 is 0 Å². The van der Waals surface area contributed by atoms with Gasteiger partial charge in [-0.15, -0.1) is 11.6 Å². The van der Waals surface area contributed by atoms with Gasteiger partial charge in [-0.25, -0.2) is 0 Å². The molecule has 9 heavy (non-hydrogen) atoms. The Morgan fingerprint density at radius 3 is 2.67 bits per heavy atom. The van der Waals surface area contributed by atoms with E-state index in [1.165, 1.54) is 13.1 Å². The maximum atomic E-state index is 5.64. The molecule has 2 heteroatoms. The Kier molecular flexibility index (Phi) is 2.36. The first kappa shape index (κ1) is 7.36. The predicted molar refractivity (Wildman–Crippen MR) is 40.9 cm³/mol. The zero-order valence-electron chi connectivity index (χ0n) is 6.10. The first-order valence-corrected chi connectivity index (χ1v) is 4.07. The predicted octanol–water partition coefficient (Wildman–Crippen LogP) is 1.57. The Hall–Kier alpha value is 0.250. The topological polar surface area (TPSA) is 3.01 Å². The van der Waals surface area contributed by atoms with Gasteiger partial charge in [0, 0.05) is 25.0 Å². The Morgan fingerprint density at radius 1 is 1.67 bits per heavy atom. The highest BCUT2D eigenvalue weighted by atomic mass is 35.5. The summed E-state index contributed by atoms with van der Waals surface area (Å²) in [5.74, 6) is 1.60. The maximum absolute atomic E-state index is 5.64. The van der Waals surface area contributed by atoms with Crippen molar-refractivity contribution in [2.45, 2.75) is 19.9 Å². The van der Waals surface area contributed by atoms with Crippen LogP contribution in [-0.4, -0.2) is 29.9 Å². The third kappa shape index (κ3) is 2.15. The monoisotopic (exact) mass is 147 g/mol. The van der Waals surface area contributed by atoms with Crippen molar-refractivity contribution >= 4 is 11.6 Å². The van der Waals surface area contributed by atoms with Crippen LogP contribution in [0.3, 0.4) is 0 Å². The van der Waals surface area contributed by atoms with E-state index in [0.717, 1.165) is 11.8 Å². The van der Waals surface area contributed by atoms with Crippen LogP contribution in [0.15, 0.2) is 0 Å². The van der Waals surface area contributed by atoms with E-state index in [2.05, 4.69) is 18.7 Å². The van der Waals surface area contributed by atoms with Crippen molar-refractivity contribution in [3.63, 3.8) is 0 Å². The second kappa shape index (κ2) is 2.89. The highest BCUT2D eigenvalue weighted by molar-refractivity contribution is 6.18. The molecular weight excluding hydrogens is 134 g/mol. The Balaban J connectivity index is 2.05. The van der Waals surface area contributed by atoms with Crippen molar-refractivity contribution in [3.05, 3.63) is 0 Å². The molecule has 1 fully saturated rings. The molecule has 1 aliphatic heterocycles. The number of rotatable bonds is 3. The van der Waals surface area contributed by atoms with E-state index in [9.17, 15) is 0 Å². The molecule has 0 radical (unpaired) electrons. The van der Waals surface area contributed by atoms with Crippen LogP contribution in [0.2, 0.25) is 0 Å². The minimum absolute atomic E-state index is 0.703. The van der Waals surface area contributed by atoms with Crippen molar-refractivity contribution in [1.29, 1.82) is 0 Å². The minimum atomic E-state index is 0.703. The van der Waals surface area contributed by atoms with Gasteiger partial charge in [0.05, 0.1) is 0 Å². The van der Waals surface area contributed by atoms with Crippen LogP contribution >= 0.6 is 11.6 Å². The fraction of sp³-hybridized carbons (Fsp3) is 1.00. The molecular formula is C7H14ClN. The van der Waals surface area contributed by atoms with Crippen molar-refractivity contribution < 1.29 is 0 Å². The van der Waals surface area contributed by atoms with E-state index in [1.54, 1.807) is 0 Å². The van der Waals surface area contributed by atoms with Gasteiger partial charge in [0.2, 0.25) is 0 Å². The van der Waals surface area contributed by atoms with Crippen molar-refractivity contribution in [3.8, 4) is 0 Å². The summed E-state index contributed by atoms with van der Waals surface area (Å²) in [5.41, 5.74) is 0. The van der Waals surface area contributed by atoms with Gasteiger partial charge in [-0.1, -0.05) is 13.8 Å². The van der Waals surface area contributed by atoms with Gasteiger partial charge in [-0.05, 0) is 5.92 Å². The van der Waals surface area contributed by atoms with Crippen molar-refractivity contribution in [1.82, 2.24) is 4.90 Å². The van der Waals surface area contributed by atoms with Gasteiger partial charge in [0.15, 0.2) is 0 Å². The molecule has 2 atom stereocenters. The third-order valence-electron chi connectivity index (χ3n) is 1.61. The fourth-order valence-corrected chi connectivity index (χ4v) is 1.36. The molecule has 1 saturated heterocycles. The quantitative estimate of drug-likeness (QED) is 0.433. The van der Waals surface area contributed by atoms with Crippen LogP contribution in [-0.2, 0) is 0 Å². The second-order valence-electron chi connectivity index (χ2n) is 3.16. The third-order valence-corrected chi connectivity index (χ3v) is 1.96. The van der Waals surface area contributed by atoms with Gasteiger partial charge >= 0.3 is 0 Å². The van der Waals surface area contributed by atoms with E-state index in [4.69, 9.17) is 11.6 Å². The summed E-state index contributed by atoms with van der Waals surface area (Å²) in [7, 11) is 0. The summed E-state index contributed by atoms with van der Waals surface area (Å²) in [4.78, 5) is 2.41. The summed E-state index contributed by atoms with van der Waals surface area (Å²) >= 11 is 5.64. The van der Waals surface area contributed by atoms with Crippen LogP contribution in [0.1, 0.15) is 13.8 Å². The molecule has 54 valence electrons. The lowest BCUT2D eigenvalue weighted by Crippen LogP contribution is -2.10. The summed E-state index contributed by atoms with van der Waals surface area (Å²) in [6.07, 6.45) is 0. The average molecular weight is 148 g/mol. The van der Waals surface area contributed by atoms with E-state index >= 15 is 0 Å². The van der Waals surface area contributed by atoms with E-state index in [1.807, 2.05) is 0 Å². The molecule has 1 rings (SSSR count). The molecule has 1 heterocycles. The van der Waals surface area contributed by atoms with Gasteiger partial charge < -0.3 is 0 Å². The first-order valence-electron chi connectivity index (χ1n) is 3.54. The van der Waals surface area contributed by atoms with E-state index in [0.29, 0.717) is 6.04 Å². The fourth-order valence-electron chi connectivity index (χ4n) is 1.06. The number of nitrogens with zero attached hydrogens (tertiary/aromatic N) is 1. The van der Waals surface area contributed by atoms with E-state index in [-0.39, 0.29) is 0 Å². The second-order valence-corrected chi connectivity index (χ2v) is 3.46. The van der Waals surface area contributed by atoms with Crippen molar-refractivity contribution in [2.75, 3.05) is 19.0 Å². The summed E-state index contributed by atoms with van der Waals surface area (Å²) < 4.78 is 0. The maximum Gasteiger partial charge on any atom is 0.0392 e. The first-order chi connectivity index (χ1) is 4.24. The van der Waals surface area contributed by atoms with E-state index < -0.39 is 0 Å². The van der Waals surface area contributed by atoms with Gasteiger partial charge in [0.25, 0.3) is 0 Å². The molecule has 0 aromatic heterocycles. The molecule has 0 saturated carbocycles.